The van der Waals surface area contributed by atoms with Crippen molar-refractivity contribution in [2.24, 2.45) is 5.14 Å². The van der Waals surface area contributed by atoms with Crippen LogP contribution in [0.4, 0.5) is 14.5 Å². The van der Waals surface area contributed by atoms with E-state index in [-0.39, 0.29) is 11.7 Å². The van der Waals surface area contributed by atoms with E-state index in [9.17, 15) is 25.6 Å². The summed E-state index contributed by atoms with van der Waals surface area (Å²) in [5.41, 5.74) is -0.0925. The molecule has 0 saturated carbocycles. The molecule has 172 valence electrons. The summed E-state index contributed by atoms with van der Waals surface area (Å²) in [6.07, 6.45) is 0.595. The number of halogens is 2. The maximum atomic E-state index is 13.3. The molecule has 12 heteroatoms. The number of anilines is 1. The van der Waals surface area contributed by atoms with E-state index in [0.717, 1.165) is 17.0 Å². The van der Waals surface area contributed by atoms with Gasteiger partial charge in [-0.15, -0.1) is 11.8 Å². The van der Waals surface area contributed by atoms with Crippen molar-refractivity contribution in [3.05, 3.63) is 48.5 Å². The second-order valence-electron chi connectivity index (χ2n) is 7.07. The molecule has 0 radical (unpaired) electrons. The van der Waals surface area contributed by atoms with E-state index in [1.54, 1.807) is 0 Å². The number of nitrogens with two attached hydrogens (primary N) is 1. The molecular weight excluding hydrogens is 468 g/mol. The second-order valence-corrected chi connectivity index (χ2v) is 11.6. The Morgan fingerprint density at radius 2 is 1.71 bits per heavy atom. The molecule has 3 N–H and O–H groups in total. The van der Waals surface area contributed by atoms with E-state index in [0.29, 0.717) is 24.8 Å². The van der Waals surface area contributed by atoms with Crippen LogP contribution >= 0.6 is 11.8 Å². The van der Waals surface area contributed by atoms with E-state index in [2.05, 4.69) is 5.32 Å². The van der Waals surface area contributed by atoms with Crippen LogP contribution in [-0.4, -0.2) is 59.9 Å². The molecule has 2 aromatic carbocycles. The summed E-state index contributed by atoms with van der Waals surface area (Å²) in [5.74, 6) is -3.18. The van der Waals surface area contributed by atoms with Crippen LogP contribution in [0.3, 0.4) is 0 Å². The van der Waals surface area contributed by atoms with E-state index in [1.165, 1.54) is 11.8 Å². The molecule has 0 bridgehead atoms. The molecule has 0 spiro atoms. The Labute approximate surface area is 186 Å². The first-order valence-corrected chi connectivity index (χ1v) is 13.3. The molecule has 7 nitrogen and oxygen atoms in total. The van der Waals surface area contributed by atoms with Gasteiger partial charge in [0, 0.05) is 16.7 Å². The van der Waals surface area contributed by atoms with Gasteiger partial charge < -0.3 is 10.2 Å². The second kappa shape index (κ2) is 10.7. The van der Waals surface area contributed by atoms with E-state index < -0.39 is 35.4 Å². The van der Waals surface area contributed by atoms with Crippen molar-refractivity contribution in [3.63, 3.8) is 0 Å². The zero-order valence-corrected chi connectivity index (χ0v) is 19.5. The number of thioether (sulfide) groups is 1. The van der Waals surface area contributed by atoms with Gasteiger partial charge in [-0.05, 0) is 57.4 Å². The van der Waals surface area contributed by atoms with Crippen molar-refractivity contribution in [1.82, 2.24) is 4.90 Å². The van der Waals surface area contributed by atoms with Crippen LogP contribution in [0.2, 0.25) is 0 Å². The summed E-state index contributed by atoms with van der Waals surface area (Å²) >= 11 is 1.53. The fourth-order valence-electron chi connectivity index (χ4n) is 2.67. The minimum absolute atomic E-state index is 0.0925. The van der Waals surface area contributed by atoms with Crippen molar-refractivity contribution in [1.29, 1.82) is 0 Å². The third-order valence-electron chi connectivity index (χ3n) is 4.30. The minimum atomic E-state index is -5.07. The van der Waals surface area contributed by atoms with Crippen LogP contribution < -0.4 is 10.5 Å². The lowest BCUT2D eigenvalue weighted by molar-refractivity contribution is 0.235. The van der Waals surface area contributed by atoms with Crippen LogP contribution in [-0.2, 0) is 19.9 Å². The van der Waals surface area contributed by atoms with Gasteiger partial charge in [0.05, 0.1) is 15.5 Å². The van der Waals surface area contributed by atoms with E-state index in [4.69, 9.17) is 5.14 Å². The fraction of sp³-hybridized carbons (Fsp3) is 0.368. The van der Waals surface area contributed by atoms with Gasteiger partial charge in [-0.2, -0.15) is 8.78 Å². The van der Waals surface area contributed by atoms with Crippen molar-refractivity contribution >= 4 is 37.3 Å². The standard InChI is InChI=1S/C19H25F2N3O4S3/c1-24(2)11-10-14(13-29-15-6-4-3-5-7-15)23-17-9-8-16(31(22,27)28)12-18(17)30(25,26)19(20)21/h3-9,12,14,19,23H,10-11,13H2,1-2H3,(H2,22,27,28)/t14-/m1/s1. The van der Waals surface area contributed by atoms with Crippen LogP contribution in [0.1, 0.15) is 6.42 Å². The van der Waals surface area contributed by atoms with Gasteiger partial charge in [0.1, 0.15) is 0 Å². The summed E-state index contributed by atoms with van der Waals surface area (Å²) in [5, 5.41) is 8.07. The summed E-state index contributed by atoms with van der Waals surface area (Å²) in [4.78, 5) is 1.60. The first kappa shape index (κ1) is 25.5. The number of primary sulfonamides is 1. The van der Waals surface area contributed by atoms with Crippen LogP contribution in [0.5, 0.6) is 0 Å². The van der Waals surface area contributed by atoms with Gasteiger partial charge >= 0.3 is 5.76 Å². The zero-order chi connectivity index (χ0) is 23.2. The van der Waals surface area contributed by atoms with E-state index in [1.807, 2.05) is 49.3 Å². The molecule has 2 rings (SSSR count). The Balaban J connectivity index is 2.39. The van der Waals surface area contributed by atoms with E-state index >= 15 is 0 Å². The number of nitrogens with one attached hydrogen (secondary N) is 1. The maximum absolute atomic E-state index is 13.3. The quantitative estimate of drug-likeness (QED) is 0.463. The predicted octanol–water partition coefficient (Wildman–Crippen LogP) is 2.85. The van der Waals surface area contributed by atoms with Gasteiger partial charge in [-0.25, -0.2) is 22.0 Å². The number of hydrogen-bond donors (Lipinski definition) is 2. The molecule has 0 aliphatic carbocycles. The molecule has 0 aliphatic rings. The molecule has 0 heterocycles. The molecular formula is C19H25F2N3O4S3. The summed E-state index contributed by atoms with van der Waals surface area (Å²) < 4.78 is 74.2. The Morgan fingerprint density at radius 3 is 2.26 bits per heavy atom. The Bertz CT molecular complexity index is 1080. The van der Waals surface area contributed by atoms with Crippen molar-refractivity contribution < 1.29 is 25.6 Å². The highest BCUT2D eigenvalue weighted by Crippen LogP contribution is 2.30. The molecule has 31 heavy (non-hydrogen) atoms. The smallest absolute Gasteiger partial charge is 0.341 e. The molecule has 0 aliphatic heterocycles. The van der Waals surface area contributed by atoms with Crippen LogP contribution in [0.25, 0.3) is 0 Å². The Morgan fingerprint density at radius 1 is 1.06 bits per heavy atom. The molecule has 0 unspecified atom stereocenters. The van der Waals surface area contributed by atoms with Gasteiger partial charge in [-0.1, -0.05) is 18.2 Å². The number of alkyl halides is 2. The summed E-state index contributed by atoms with van der Waals surface area (Å²) in [6, 6.07) is 12.2. The third-order valence-corrected chi connectivity index (χ3v) is 7.81. The number of hydrogen-bond acceptors (Lipinski definition) is 7. The highest BCUT2D eigenvalue weighted by molar-refractivity contribution is 7.99. The number of benzene rings is 2. The molecule has 0 aromatic heterocycles. The topological polar surface area (TPSA) is 110 Å². The average molecular weight is 494 g/mol. The summed E-state index contributed by atoms with van der Waals surface area (Å²) in [6.45, 7) is 0.666. The SMILES string of the molecule is CN(C)CC[C@H](CSc1ccccc1)Nc1ccc(S(N)(=O)=O)cc1S(=O)(=O)C(F)F. The summed E-state index contributed by atoms with van der Waals surface area (Å²) in [7, 11) is -5.57. The molecule has 0 saturated heterocycles. The van der Waals surface area contributed by atoms with Crippen LogP contribution in [0, 0.1) is 0 Å². The van der Waals surface area contributed by atoms with Gasteiger partial charge in [0.25, 0.3) is 0 Å². The molecule has 0 fully saturated rings. The highest BCUT2D eigenvalue weighted by atomic mass is 32.2. The lowest BCUT2D eigenvalue weighted by Gasteiger charge is -2.23. The molecule has 1 atom stereocenters. The predicted molar refractivity (Wildman–Crippen MR) is 119 cm³/mol. The fourth-order valence-corrected chi connectivity index (χ4v) is 5.20. The molecule has 2 aromatic rings. The van der Waals surface area contributed by atoms with Gasteiger partial charge in [0.15, 0.2) is 0 Å². The monoisotopic (exact) mass is 493 g/mol. The first-order valence-electron chi connectivity index (χ1n) is 9.19. The van der Waals surface area contributed by atoms with Crippen molar-refractivity contribution in [2.75, 3.05) is 31.7 Å². The van der Waals surface area contributed by atoms with Crippen LogP contribution in [0.15, 0.2) is 63.2 Å². The highest BCUT2D eigenvalue weighted by Gasteiger charge is 2.31. The zero-order valence-electron chi connectivity index (χ0n) is 17.0. The Hall–Kier alpha value is -1.73. The van der Waals surface area contributed by atoms with Gasteiger partial charge in [0.2, 0.25) is 19.9 Å². The van der Waals surface area contributed by atoms with Crippen molar-refractivity contribution in [3.8, 4) is 0 Å². The number of sulfonamides is 1. The average Bonchev–Trinajstić information content (AvgIpc) is 2.69. The molecule has 0 amide bonds. The number of nitrogens with zero attached hydrogens (tertiary/aromatic N) is 1. The maximum Gasteiger partial charge on any atom is 0.341 e. The number of sulfone groups is 1. The Kier molecular flexibility index (Phi) is 8.83. The third kappa shape index (κ3) is 7.42. The largest absolute Gasteiger partial charge is 0.380 e. The minimum Gasteiger partial charge on any atom is -0.380 e. The van der Waals surface area contributed by atoms with Gasteiger partial charge in [-0.3, -0.25) is 0 Å². The van der Waals surface area contributed by atoms with Crippen molar-refractivity contribution in [2.45, 2.75) is 32.9 Å². The lowest BCUT2D eigenvalue weighted by atomic mass is 10.2. The lowest BCUT2D eigenvalue weighted by Crippen LogP contribution is -2.29. The normalized spacial score (nSPS) is 13.5. The number of rotatable bonds is 11. The first-order chi connectivity index (χ1) is 14.4.